The fraction of sp³-hybridized carbons (Fsp3) is 0.133. The summed E-state index contributed by atoms with van der Waals surface area (Å²) in [4.78, 5) is 24.2. The lowest BCUT2D eigenvalue weighted by atomic mass is 10.3. The summed E-state index contributed by atoms with van der Waals surface area (Å²) < 4.78 is 0. The number of amidine groups is 1. The molecule has 1 fully saturated rings. The van der Waals surface area contributed by atoms with Crippen LogP contribution in [0.2, 0.25) is 0 Å². The van der Waals surface area contributed by atoms with E-state index in [-0.39, 0.29) is 5.91 Å². The quantitative estimate of drug-likeness (QED) is 0.879. The van der Waals surface area contributed by atoms with Gasteiger partial charge >= 0.3 is 0 Å². The number of carbonyl (C=O) groups excluding carboxylic acids is 1. The van der Waals surface area contributed by atoms with Gasteiger partial charge in [0.2, 0.25) is 0 Å². The number of hydrogen-bond donors (Lipinski definition) is 1. The fourth-order valence-corrected chi connectivity index (χ4v) is 3.47. The number of aliphatic imine (C=N–C) groups is 1. The number of nitrogens with zero attached hydrogens (tertiary/aromatic N) is 3. The minimum atomic E-state index is -0.125. The van der Waals surface area contributed by atoms with Crippen LogP contribution in [0.4, 0.5) is 10.8 Å². The topological polar surface area (TPSA) is 57.6 Å². The molecule has 1 aliphatic rings. The molecule has 0 unspecified atom stereocenters. The van der Waals surface area contributed by atoms with E-state index in [0.29, 0.717) is 10.1 Å². The van der Waals surface area contributed by atoms with Crippen LogP contribution >= 0.6 is 23.1 Å². The van der Waals surface area contributed by atoms with Crippen LogP contribution in [0, 0.1) is 0 Å². The minimum Gasteiger partial charge on any atom is -0.354 e. The molecule has 3 rings (SSSR count). The maximum atomic E-state index is 12.0. The van der Waals surface area contributed by atoms with Gasteiger partial charge in [0.25, 0.3) is 5.91 Å². The number of carbonyl (C=O) groups is 1. The number of thioether (sulfide) groups is 1. The average Bonchev–Trinajstić information content (AvgIpc) is 3.08. The van der Waals surface area contributed by atoms with E-state index in [9.17, 15) is 4.79 Å². The minimum absolute atomic E-state index is 0.125. The second-order valence-corrected chi connectivity index (χ2v) is 6.83. The van der Waals surface area contributed by atoms with E-state index in [2.05, 4.69) is 15.3 Å². The number of anilines is 1. The summed E-state index contributed by atoms with van der Waals surface area (Å²) >= 11 is 2.88. The molecular formula is C15H14N4OS2. The Bertz CT molecular complexity index is 750. The first-order valence-electron chi connectivity index (χ1n) is 6.59. The first-order chi connectivity index (χ1) is 10.6. The smallest absolute Gasteiger partial charge is 0.264 e. The van der Waals surface area contributed by atoms with Crippen LogP contribution in [0.5, 0.6) is 0 Å². The van der Waals surface area contributed by atoms with Crippen LogP contribution in [0.25, 0.3) is 6.08 Å². The van der Waals surface area contributed by atoms with Crippen LogP contribution in [0.3, 0.4) is 0 Å². The van der Waals surface area contributed by atoms with Gasteiger partial charge < -0.3 is 10.2 Å². The molecule has 1 aromatic carbocycles. The number of thiazole rings is 1. The lowest BCUT2D eigenvalue weighted by Crippen LogP contribution is -2.19. The molecular weight excluding hydrogens is 316 g/mol. The van der Waals surface area contributed by atoms with Crippen molar-refractivity contribution in [3.63, 3.8) is 0 Å². The van der Waals surface area contributed by atoms with Crippen LogP contribution in [-0.2, 0) is 4.79 Å². The van der Waals surface area contributed by atoms with Gasteiger partial charge in [-0.05, 0) is 30.0 Å². The van der Waals surface area contributed by atoms with E-state index in [4.69, 9.17) is 0 Å². The summed E-state index contributed by atoms with van der Waals surface area (Å²) in [5.74, 6) is -0.125. The zero-order valence-electron chi connectivity index (χ0n) is 12.1. The molecule has 0 aliphatic carbocycles. The Morgan fingerprint density at radius 1 is 1.27 bits per heavy atom. The first kappa shape index (κ1) is 14.8. The molecule has 0 spiro atoms. The number of aromatic nitrogens is 1. The van der Waals surface area contributed by atoms with Gasteiger partial charge in [-0.15, -0.1) is 0 Å². The van der Waals surface area contributed by atoms with Gasteiger partial charge in [0.1, 0.15) is 0 Å². The van der Waals surface area contributed by atoms with Crippen molar-refractivity contribution in [1.82, 2.24) is 10.3 Å². The predicted octanol–water partition coefficient (Wildman–Crippen LogP) is 3.10. The summed E-state index contributed by atoms with van der Waals surface area (Å²) in [7, 11) is 3.88. The third-order valence-corrected chi connectivity index (χ3v) is 4.83. The summed E-state index contributed by atoms with van der Waals surface area (Å²) in [5, 5.41) is 4.29. The van der Waals surface area contributed by atoms with Gasteiger partial charge in [-0.25, -0.2) is 9.98 Å². The normalized spacial score (nSPS) is 18.0. The van der Waals surface area contributed by atoms with Gasteiger partial charge in [-0.1, -0.05) is 29.5 Å². The molecule has 0 bridgehead atoms. The molecule has 1 amide bonds. The third kappa shape index (κ3) is 3.37. The highest BCUT2D eigenvalue weighted by molar-refractivity contribution is 8.18. The zero-order valence-corrected chi connectivity index (χ0v) is 13.7. The van der Waals surface area contributed by atoms with Crippen molar-refractivity contribution in [3.05, 3.63) is 46.3 Å². The van der Waals surface area contributed by atoms with Crippen LogP contribution < -0.4 is 10.2 Å². The zero-order chi connectivity index (χ0) is 15.5. The predicted molar refractivity (Wildman–Crippen MR) is 93.7 cm³/mol. The van der Waals surface area contributed by atoms with E-state index in [1.807, 2.05) is 55.4 Å². The number of amides is 1. The number of benzene rings is 1. The SMILES string of the molecule is CN(C)c1ncc(/C=C2\SC(=Nc3ccccc3)NC2=O)s1. The lowest BCUT2D eigenvalue weighted by Gasteiger charge is -2.04. The molecule has 7 heteroatoms. The molecule has 1 aliphatic heterocycles. The summed E-state index contributed by atoms with van der Waals surface area (Å²) in [6.45, 7) is 0. The molecule has 5 nitrogen and oxygen atoms in total. The second-order valence-electron chi connectivity index (χ2n) is 4.76. The summed E-state index contributed by atoms with van der Waals surface area (Å²) in [6.07, 6.45) is 3.62. The Morgan fingerprint density at radius 3 is 2.73 bits per heavy atom. The Balaban J connectivity index is 1.79. The van der Waals surface area contributed by atoms with E-state index in [1.165, 1.54) is 11.8 Å². The lowest BCUT2D eigenvalue weighted by molar-refractivity contribution is -0.115. The maximum absolute atomic E-state index is 12.0. The Morgan fingerprint density at radius 2 is 2.05 bits per heavy atom. The Kier molecular flexibility index (Phi) is 4.26. The Hall–Kier alpha value is -2.12. The standard InChI is InChI=1S/C15H14N4OS2/c1-19(2)15-16-9-11(21-15)8-12-13(20)18-14(22-12)17-10-6-4-3-5-7-10/h3-9H,1-2H3,(H,17,18,20)/b12-8-. The van der Waals surface area contributed by atoms with E-state index in [0.717, 1.165) is 15.7 Å². The van der Waals surface area contributed by atoms with Crippen molar-refractivity contribution in [2.45, 2.75) is 0 Å². The molecule has 22 heavy (non-hydrogen) atoms. The largest absolute Gasteiger partial charge is 0.354 e. The molecule has 2 aromatic rings. The first-order valence-corrected chi connectivity index (χ1v) is 8.23. The number of hydrogen-bond acceptors (Lipinski definition) is 6. The van der Waals surface area contributed by atoms with E-state index >= 15 is 0 Å². The van der Waals surface area contributed by atoms with Crippen LogP contribution in [0.1, 0.15) is 4.88 Å². The third-order valence-electron chi connectivity index (χ3n) is 2.81. The van der Waals surface area contributed by atoms with Crippen LogP contribution in [-0.4, -0.2) is 30.2 Å². The van der Waals surface area contributed by atoms with Crippen molar-refractivity contribution in [2.24, 2.45) is 4.99 Å². The van der Waals surface area contributed by atoms with Crippen LogP contribution in [0.15, 0.2) is 46.4 Å². The fourth-order valence-electron chi connectivity index (χ4n) is 1.78. The van der Waals surface area contributed by atoms with Gasteiger partial charge in [0, 0.05) is 20.3 Å². The molecule has 0 atom stereocenters. The molecule has 1 aromatic heterocycles. The number of rotatable bonds is 3. The monoisotopic (exact) mass is 330 g/mol. The van der Waals surface area contributed by atoms with Crippen molar-refractivity contribution in [3.8, 4) is 0 Å². The number of nitrogens with one attached hydrogen (secondary N) is 1. The van der Waals surface area contributed by atoms with Gasteiger partial charge in [-0.3, -0.25) is 4.79 Å². The molecule has 2 heterocycles. The van der Waals surface area contributed by atoms with E-state index < -0.39 is 0 Å². The van der Waals surface area contributed by atoms with Crippen molar-refractivity contribution < 1.29 is 4.79 Å². The average molecular weight is 330 g/mol. The molecule has 0 radical (unpaired) electrons. The van der Waals surface area contributed by atoms with Gasteiger partial charge in [-0.2, -0.15) is 0 Å². The highest BCUT2D eigenvalue weighted by Gasteiger charge is 2.24. The highest BCUT2D eigenvalue weighted by Crippen LogP contribution is 2.30. The molecule has 1 saturated heterocycles. The van der Waals surface area contributed by atoms with E-state index in [1.54, 1.807) is 17.5 Å². The summed E-state index contributed by atoms with van der Waals surface area (Å²) in [5.41, 5.74) is 0.819. The van der Waals surface area contributed by atoms with Gasteiger partial charge in [0.15, 0.2) is 10.3 Å². The van der Waals surface area contributed by atoms with Crippen molar-refractivity contribution >= 4 is 51.1 Å². The van der Waals surface area contributed by atoms with Crippen molar-refractivity contribution in [2.75, 3.05) is 19.0 Å². The van der Waals surface area contributed by atoms with Crippen molar-refractivity contribution in [1.29, 1.82) is 0 Å². The molecule has 0 saturated carbocycles. The van der Waals surface area contributed by atoms with Gasteiger partial charge in [0.05, 0.1) is 15.5 Å². The maximum Gasteiger partial charge on any atom is 0.264 e. The molecule has 112 valence electrons. The second kappa shape index (κ2) is 6.33. The highest BCUT2D eigenvalue weighted by atomic mass is 32.2. The number of para-hydroxylation sites is 1. The summed E-state index contributed by atoms with van der Waals surface area (Å²) in [6, 6.07) is 9.55. The Labute approximate surface area is 136 Å². The molecule has 1 N–H and O–H groups in total.